The number of nitrogens with two attached hydrogens (primary N) is 1. The van der Waals surface area contributed by atoms with Gasteiger partial charge in [0.25, 0.3) is 0 Å². The van der Waals surface area contributed by atoms with Crippen molar-refractivity contribution in [2.45, 2.75) is 39.4 Å². The summed E-state index contributed by atoms with van der Waals surface area (Å²) in [4.78, 5) is 15.9. The molecule has 0 unspecified atom stereocenters. The normalized spacial score (nSPS) is 14.3. The summed E-state index contributed by atoms with van der Waals surface area (Å²) in [6.07, 6.45) is 0. The summed E-state index contributed by atoms with van der Waals surface area (Å²) in [6, 6.07) is 8.71. The molecule has 156 valence electrons. The molecule has 1 aliphatic heterocycles. The second kappa shape index (κ2) is 9.78. The lowest BCUT2D eigenvalue weighted by molar-refractivity contribution is 0.293. The largest absolute Gasteiger partial charge is 0.383 e. The molecule has 2 N–H and O–H groups in total. The van der Waals surface area contributed by atoms with Crippen LogP contribution < -0.4 is 10.6 Å². The molecule has 3 aromatic rings. The topological polar surface area (TPSA) is 58.3 Å². The Bertz CT molecular complexity index is 969. The molecular weight excluding hydrogens is 398 g/mol. The van der Waals surface area contributed by atoms with Crippen molar-refractivity contribution in [2.75, 3.05) is 43.1 Å². The van der Waals surface area contributed by atoms with Gasteiger partial charge in [-0.1, -0.05) is 43.8 Å². The summed E-state index contributed by atoms with van der Waals surface area (Å²) >= 11 is 3.31. The van der Waals surface area contributed by atoms with Gasteiger partial charge < -0.3 is 10.6 Å². The fourth-order valence-electron chi connectivity index (χ4n) is 3.47. The van der Waals surface area contributed by atoms with Crippen molar-refractivity contribution in [2.24, 2.45) is 0 Å². The minimum atomic E-state index is 0.609. The number of nitrogens with zero attached hydrogens (tertiary/aromatic N) is 4. The Morgan fingerprint density at radius 2 is 1.90 bits per heavy atom. The van der Waals surface area contributed by atoms with Crippen LogP contribution in [-0.4, -0.2) is 47.3 Å². The Morgan fingerprint density at radius 1 is 1.14 bits per heavy atom. The number of likely N-dealkylation sites (N-methyl/N-ethyl adjacent to an activating group) is 2. The SMILES string of the molecule is CCN1CCN(C)c2ccccc2C1.CCSc1nc(N)c2c(C)c(C)sc2n1. The number of para-hydroxylation sites is 1. The molecule has 0 aliphatic carbocycles. The Hall–Kier alpha value is -1.83. The van der Waals surface area contributed by atoms with E-state index in [0.29, 0.717) is 5.82 Å². The van der Waals surface area contributed by atoms with Crippen LogP contribution in [0.15, 0.2) is 29.4 Å². The molecule has 1 aliphatic rings. The average molecular weight is 430 g/mol. The molecule has 0 saturated carbocycles. The maximum Gasteiger partial charge on any atom is 0.190 e. The van der Waals surface area contributed by atoms with Crippen molar-refractivity contribution >= 4 is 44.8 Å². The standard InChI is InChI=1S/C12H18N2.C10H13N3S2/c1-3-14-9-8-13(2)12-7-5-4-6-11(12)10-14;1-4-14-10-12-8(11)7-5(2)6(3)15-9(7)13-10/h4-7H,3,8-10H2,1-2H3;4H2,1-3H3,(H2,11,12,13). The van der Waals surface area contributed by atoms with Crippen LogP contribution in [0.3, 0.4) is 0 Å². The van der Waals surface area contributed by atoms with E-state index in [4.69, 9.17) is 5.73 Å². The van der Waals surface area contributed by atoms with Crippen molar-refractivity contribution in [1.29, 1.82) is 0 Å². The first-order valence-corrected chi connectivity index (χ1v) is 11.9. The van der Waals surface area contributed by atoms with Crippen molar-refractivity contribution in [3.05, 3.63) is 40.3 Å². The number of rotatable bonds is 3. The monoisotopic (exact) mass is 429 g/mol. The highest BCUT2D eigenvalue weighted by atomic mass is 32.2. The predicted octanol–water partition coefficient (Wildman–Crippen LogP) is 4.96. The molecule has 2 aromatic heterocycles. The van der Waals surface area contributed by atoms with E-state index in [9.17, 15) is 0 Å². The van der Waals surface area contributed by atoms with Crippen LogP contribution in [0.4, 0.5) is 11.5 Å². The predicted molar refractivity (Wildman–Crippen MR) is 128 cm³/mol. The van der Waals surface area contributed by atoms with Gasteiger partial charge in [0, 0.05) is 37.2 Å². The number of thioether (sulfide) groups is 1. The van der Waals surface area contributed by atoms with Crippen LogP contribution in [-0.2, 0) is 6.54 Å². The molecule has 0 spiro atoms. The first-order chi connectivity index (χ1) is 13.9. The van der Waals surface area contributed by atoms with Crippen LogP contribution in [0.25, 0.3) is 10.2 Å². The van der Waals surface area contributed by atoms with Gasteiger partial charge in [-0.3, -0.25) is 4.90 Å². The average Bonchev–Trinajstić information content (AvgIpc) is 2.89. The Morgan fingerprint density at radius 3 is 2.62 bits per heavy atom. The van der Waals surface area contributed by atoms with Crippen LogP contribution in [0.5, 0.6) is 0 Å². The van der Waals surface area contributed by atoms with Gasteiger partial charge in [0.1, 0.15) is 10.6 Å². The lowest BCUT2D eigenvalue weighted by Gasteiger charge is -2.18. The third kappa shape index (κ3) is 5.02. The molecule has 3 heterocycles. The highest BCUT2D eigenvalue weighted by Crippen LogP contribution is 2.33. The molecule has 0 atom stereocenters. The number of anilines is 2. The highest BCUT2D eigenvalue weighted by Gasteiger charge is 2.15. The van der Waals surface area contributed by atoms with Crippen molar-refractivity contribution < 1.29 is 0 Å². The first-order valence-electron chi connectivity index (χ1n) is 10.1. The van der Waals surface area contributed by atoms with Crippen molar-refractivity contribution in [3.63, 3.8) is 0 Å². The fraction of sp³-hybridized carbons (Fsp3) is 0.455. The maximum absolute atomic E-state index is 5.94. The van der Waals surface area contributed by atoms with E-state index in [1.54, 1.807) is 23.1 Å². The number of aromatic nitrogens is 2. The summed E-state index contributed by atoms with van der Waals surface area (Å²) in [5, 5.41) is 1.81. The van der Waals surface area contributed by atoms with Crippen LogP contribution >= 0.6 is 23.1 Å². The number of hydrogen-bond donors (Lipinski definition) is 1. The minimum Gasteiger partial charge on any atom is -0.383 e. The molecule has 0 fully saturated rings. The van der Waals surface area contributed by atoms with E-state index >= 15 is 0 Å². The number of thiophene rings is 1. The van der Waals surface area contributed by atoms with Gasteiger partial charge in [0.15, 0.2) is 5.16 Å². The molecule has 29 heavy (non-hydrogen) atoms. The summed E-state index contributed by atoms with van der Waals surface area (Å²) in [5.41, 5.74) is 10.00. The van der Waals surface area contributed by atoms with E-state index in [1.165, 1.54) is 28.2 Å². The van der Waals surface area contributed by atoms with E-state index < -0.39 is 0 Å². The van der Waals surface area contributed by atoms with Crippen molar-refractivity contribution in [1.82, 2.24) is 14.9 Å². The molecule has 0 amide bonds. The van der Waals surface area contributed by atoms with Crippen LogP contribution in [0, 0.1) is 13.8 Å². The number of benzene rings is 1. The quantitative estimate of drug-likeness (QED) is 0.469. The van der Waals surface area contributed by atoms with E-state index in [0.717, 1.165) is 40.8 Å². The minimum absolute atomic E-state index is 0.609. The molecule has 0 saturated heterocycles. The molecule has 5 nitrogen and oxygen atoms in total. The van der Waals surface area contributed by atoms with E-state index in [1.807, 2.05) is 0 Å². The Labute approximate surface area is 182 Å². The summed E-state index contributed by atoms with van der Waals surface area (Å²) < 4.78 is 0. The van der Waals surface area contributed by atoms with Gasteiger partial charge >= 0.3 is 0 Å². The number of nitrogen functional groups attached to an aromatic ring is 1. The zero-order valence-corrected chi connectivity index (χ0v) is 19.7. The number of fused-ring (bicyclic) bond motifs is 2. The highest BCUT2D eigenvalue weighted by molar-refractivity contribution is 7.99. The Kier molecular flexibility index (Phi) is 7.38. The zero-order chi connectivity index (χ0) is 21.0. The van der Waals surface area contributed by atoms with Gasteiger partial charge in [0.05, 0.1) is 5.39 Å². The summed E-state index contributed by atoms with van der Waals surface area (Å²) in [7, 11) is 2.18. The first kappa shape index (κ1) is 21.9. The third-order valence-electron chi connectivity index (χ3n) is 5.31. The van der Waals surface area contributed by atoms with Gasteiger partial charge in [-0.2, -0.15) is 0 Å². The molecule has 0 bridgehead atoms. The molecule has 4 rings (SSSR count). The number of aryl methyl sites for hydroxylation is 2. The molecule has 0 radical (unpaired) electrons. The van der Waals surface area contributed by atoms with Crippen molar-refractivity contribution in [3.8, 4) is 0 Å². The van der Waals surface area contributed by atoms with Gasteiger partial charge in [-0.25, -0.2) is 9.97 Å². The zero-order valence-electron chi connectivity index (χ0n) is 18.0. The fourth-order valence-corrected chi connectivity index (χ4v) is 5.14. The lowest BCUT2D eigenvalue weighted by Crippen LogP contribution is -2.28. The van der Waals surface area contributed by atoms with Gasteiger partial charge in [0.2, 0.25) is 0 Å². The molecule has 7 heteroatoms. The van der Waals surface area contributed by atoms with Crippen LogP contribution in [0.1, 0.15) is 29.9 Å². The second-order valence-corrected chi connectivity index (χ2v) is 9.64. The van der Waals surface area contributed by atoms with Gasteiger partial charge in [-0.05, 0) is 43.3 Å². The summed E-state index contributed by atoms with van der Waals surface area (Å²) in [6.45, 7) is 13.0. The van der Waals surface area contributed by atoms with E-state index in [-0.39, 0.29) is 0 Å². The lowest BCUT2D eigenvalue weighted by atomic mass is 10.1. The Balaban J connectivity index is 0.000000166. The molecule has 1 aromatic carbocycles. The van der Waals surface area contributed by atoms with E-state index in [2.05, 4.69) is 78.8 Å². The smallest absolute Gasteiger partial charge is 0.190 e. The van der Waals surface area contributed by atoms with Gasteiger partial charge in [-0.15, -0.1) is 11.3 Å². The molecular formula is C22H31N5S2. The number of hydrogen-bond acceptors (Lipinski definition) is 7. The summed E-state index contributed by atoms with van der Waals surface area (Å²) in [5.74, 6) is 1.58. The third-order valence-corrected chi connectivity index (χ3v) is 7.14. The second-order valence-electron chi connectivity index (χ2n) is 7.21. The maximum atomic E-state index is 5.94. The van der Waals surface area contributed by atoms with Crippen LogP contribution in [0.2, 0.25) is 0 Å².